The lowest BCUT2D eigenvalue weighted by atomic mass is 9.94. The van der Waals surface area contributed by atoms with Crippen molar-refractivity contribution < 1.29 is 16.8 Å². The average molecular weight is 511 g/mol. The molecule has 6 unspecified atom stereocenters. The lowest BCUT2D eigenvalue weighted by molar-refractivity contribution is 0.440. The van der Waals surface area contributed by atoms with Crippen LogP contribution in [-0.2, 0) is 19.1 Å². The van der Waals surface area contributed by atoms with Gasteiger partial charge in [-0.05, 0) is 80.6 Å². The Hall–Kier alpha value is -0.410. The molecule has 3 N–H and O–H groups in total. The summed E-state index contributed by atoms with van der Waals surface area (Å²) in [5.41, 5.74) is 5.59. The Labute approximate surface area is 200 Å². The number of nitrogens with one attached hydrogen (secondary N) is 1. The fraction of sp³-hybridized carbons (Fsp3) is 0.826. The Kier molecular flexibility index (Phi) is 12.5. The molecule has 0 heterocycles. The Balaban J connectivity index is 0.000000259. The average Bonchev–Trinajstić information content (AvgIpc) is 3.47. The maximum absolute atomic E-state index is 11.5. The van der Waals surface area contributed by atoms with Crippen molar-refractivity contribution in [3.05, 3.63) is 24.3 Å². The molecule has 0 radical (unpaired) electrons. The second-order valence-corrected chi connectivity index (χ2v) is 14.0. The van der Waals surface area contributed by atoms with Crippen LogP contribution in [0.25, 0.3) is 0 Å². The zero-order valence-electron chi connectivity index (χ0n) is 18.7. The molecule has 0 saturated heterocycles. The molecule has 0 amide bonds. The molecule has 0 aromatic heterocycles. The summed E-state index contributed by atoms with van der Waals surface area (Å²) in [5.74, 6) is 4.77. The van der Waals surface area contributed by atoms with E-state index >= 15 is 0 Å². The molecule has 188 valence electrons. The van der Waals surface area contributed by atoms with Crippen molar-refractivity contribution in [1.29, 1.82) is 0 Å². The highest BCUT2D eigenvalue weighted by molar-refractivity contribution is 8.13. The fourth-order valence-corrected chi connectivity index (χ4v) is 7.21. The summed E-state index contributed by atoms with van der Waals surface area (Å²) >= 11 is 0. The first-order valence-electron chi connectivity index (χ1n) is 11.5. The second kappa shape index (κ2) is 13.5. The van der Waals surface area contributed by atoms with Crippen molar-refractivity contribution in [3.63, 3.8) is 0 Å². The first kappa shape index (κ1) is 29.6. The third-order valence-electron chi connectivity index (χ3n) is 6.62. The molecule has 2 saturated carbocycles. The molecule has 4 rings (SSSR count). The van der Waals surface area contributed by atoms with Gasteiger partial charge in [-0.3, -0.25) is 0 Å². The van der Waals surface area contributed by atoms with Gasteiger partial charge >= 0.3 is 0 Å². The van der Waals surface area contributed by atoms with Crippen molar-refractivity contribution in [2.24, 2.45) is 41.2 Å². The van der Waals surface area contributed by atoms with Crippen molar-refractivity contribution in [1.82, 2.24) is 4.72 Å². The van der Waals surface area contributed by atoms with Crippen molar-refractivity contribution >= 4 is 29.8 Å². The predicted molar refractivity (Wildman–Crippen MR) is 135 cm³/mol. The van der Waals surface area contributed by atoms with Crippen molar-refractivity contribution in [2.75, 3.05) is 24.6 Å². The molecule has 4 aliphatic carbocycles. The molecule has 0 aromatic carbocycles. The predicted octanol–water partition coefficient (Wildman–Crippen LogP) is 4.29. The minimum Gasteiger partial charge on any atom is -0.330 e. The van der Waals surface area contributed by atoms with Crippen LogP contribution in [0.2, 0.25) is 0 Å². The van der Waals surface area contributed by atoms with Crippen LogP contribution < -0.4 is 10.5 Å². The minimum absolute atomic E-state index is 0. The smallest absolute Gasteiger partial charge is 0.232 e. The van der Waals surface area contributed by atoms with Crippen LogP contribution in [0, 0.1) is 35.5 Å². The molecule has 4 bridgehead atoms. The largest absolute Gasteiger partial charge is 0.330 e. The Morgan fingerprint density at radius 2 is 1.34 bits per heavy atom. The van der Waals surface area contributed by atoms with Crippen LogP contribution in [0.15, 0.2) is 24.3 Å². The molecule has 6 atom stereocenters. The van der Waals surface area contributed by atoms with Gasteiger partial charge in [0.15, 0.2) is 0 Å². The monoisotopic (exact) mass is 510 g/mol. The summed E-state index contributed by atoms with van der Waals surface area (Å²) in [6.45, 7) is 5.18. The van der Waals surface area contributed by atoms with Gasteiger partial charge < -0.3 is 5.73 Å². The summed E-state index contributed by atoms with van der Waals surface area (Å²) in [5, 5.41) is 0. The molecule has 6 nitrogen and oxygen atoms in total. The lowest BCUT2D eigenvalue weighted by Crippen LogP contribution is -2.32. The van der Waals surface area contributed by atoms with E-state index < -0.39 is 19.1 Å². The van der Waals surface area contributed by atoms with Gasteiger partial charge in [0.05, 0.1) is 11.5 Å². The van der Waals surface area contributed by atoms with E-state index in [2.05, 4.69) is 29.0 Å². The van der Waals surface area contributed by atoms with Gasteiger partial charge in [-0.15, -0.1) is 0 Å². The third kappa shape index (κ3) is 9.84. The first-order chi connectivity index (χ1) is 14.6. The minimum atomic E-state index is -3.20. The number of sulfonamides is 1. The number of fused-ring (bicyclic) bond motifs is 4. The van der Waals surface area contributed by atoms with Crippen LogP contribution >= 0.6 is 10.7 Å². The summed E-state index contributed by atoms with van der Waals surface area (Å²) in [7, 11) is -1.41. The molecular formula is C23H43ClN2O4S2. The first-order valence-corrected chi connectivity index (χ1v) is 15.7. The highest BCUT2D eigenvalue weighted by Gasteiger charge is 2.36. The van der Waals surface area contributed by atoms with E-state index in [0.717, 1.165) is 36.6 Å². The number of hydrogen-bond donors (Lipinski definition) is 2. The van der Waals surface area contributed by atoms with Gasteiger partial charge in [0.1, 0.15) is 0 Å². The topological polar surface area (TPSA) is 106 Å². The highest BCUT2D eigenvalue weighted by atomic mass is 35.7. The maximum Gasteiger partial charge on any atom is 0.232 e. The number of allylic oxidation sites excluding steroid dienone is 4. The van der Waals surface area contributed by atoms with E-state index in [1.807, 2.05) is 6.92 Å². The third-order valence-corrected chi connectivity index (χ3v) is 9.53. The van der Waals surface area contributed by atoms with Crippen LogP contribution in [-0.4, -0.2) is 41.4 Å². The standard InChI is InChI=1S/C11H19NO2S.C8H13N.C3H7ClO2S.CH4/c1-2-5-15(13,14)12-8-11-7-9-3-4-10(11)6-9;9-5-8-4-6-1-2-7(8)3-6;1-2-3-7(4,5)6;/h3-4,9-12H,2,5-8H2,1H3;1-2,6-8H,3-5,9H2;2-3H2,1H3;1H4. The van der Waals surface area contributed by atoms with E-state index in [4.69, 9.17) is 16.4 Å². The van der Waals surface area contributed by atoms with Gasteiger partial charge in [-0.25, -0.2) is 21.6 Å². The second-order valence-electron chi connectivity index (χ2n) is 9.23. The summed E-state index contributed by atoms with van der Waals surface area (Å²) < 4.78 is 45.6. The van der Waals surface area contributed by atoms with Gasteiger partial charge in [0.2, 0.25) is 19.1 Å². The lowest BCUT2D eigenvalue weighted by Gasteiger charge is -2.18. The fourth-order valence-electron chi connectivity index (χ4n) is 5.11. The normalized spacial score (nSPS) is 31.5. The van der Waals surface area contributed by atoms with Gasteiger partial charge in [-0.1, -0.05) is 45.6 Å². The highest BCUT2D eigenvalue weighted by Crippen LogP contribution is 2.43. The van der Waals surface area contributed by atoms with Crippen LogP contribution in [0.4, 0.5) is 0 Å². The summed E-state index contributed by atoms with van der Waals surface area (Å²) in [6, 6.07) is 0. The quantitative estimate of drug-likeness (QED) is 0.374. The molecular weight excluding hydrogens is 468 g/mol. The molecule has 0 aromatic rings. The van der Waals surface area contributed by atoms with E-state index in [1.165, 1.54) is 19.3 Å². The van der Waals surface area contributed by atoms with Gasteiger partial charge in [-0.2, -0.15) is 0 Å². The van der Waals surface area contributed by atoms with E-state index in [0.29, 0.717) is 31.2 Å². The zero-order valence-corrected chi connectivity index (χ0v) is 21.1. The SMILES string of the molecule is C.CCCS(=O)(=O)Cl.CCCS(=O)(=O)NCC1CC2C=CC1C2.NCC1CC2C=CC1C2. The van der Waals surface area contributed by atoms with E-state index in [1.54, 1.807) is 6.92 Å². The van der Waals surface area contributed by atoms with Crippen LogP contribution in [0.5, 0.6) is 0 Å². The Bertz CT molecular complexity index is 827. The van der Waals surface area contributed by atoms with E-state index in [-0.39, 0.29) is 18.9 Å². The number of rotatable bonds is 8. The van der Waals surface area contributed by atoms with Gasteiger partial charge in [0, 0.05) is 17.2 Å². The molecule has 9 heteroatoms. The van der Waals surface area contributed by atoms with E-state index in [9.17, 15) is 16.8 Å². The summed E-state index contributed by atoms with van der Waals surface area (Å²) in [4.78, 5) is 0. The number of hydrogen-bond acceptors (Lipinski definition) is 5. The van der Waals surface area contributed by atoms with Crippen LogP contribution in [0.1, 0.15) is 59.8 Å². The Morgan fingerprint density at radius 3 is 1.62 bits per heavy atom. The summed E-state index contributed by atoms with van der Waals surface area (Å²) in [6.07, 6.45) is 15.7. The molecule has 2 fully saturated rings. The zero-order chi connectivity index (χ0) is 23.1. The van der Waals surface area contributed by atoms with Crippen LogP contribution in [0.3, 0.4) is 0 Å². The molecule has 4 aliphatic rings. The maximum atomic E-state index is 11.5. The number of halogens is 1. The Morgan fingerprint density at radius 1 is 0.844 bits per heavy atom. The molecule has 0 aliphatic heterocycles. The molecule has 0 spiro atoms. The van der Waals surface area contributed by atoms with Gasteiger partial charge in [0.25, 0.3) is 0 Å². The number of nitrogens with two attached hydrogens (primary N) is 1. The van der Waals surface area contributed by atoms with Crippen molar-refractivity contribution in [2.45, 2.75) is 59.8 Å². The van der Waals surface area contributed by atoms with Crippen molar-refractivity contribution in [3.8, 4) is 0 Å². The molecule has 32 heavy (non-hydrogen) atoms.